The first kappa shape index (κ1) is 12.5. The molecule has 0 saturated heterocycles. The summed E-state index contributed by atoms with van der Waals surface area (Å²) < 4.78 is 0. The second-order valence-corrected chi connectivity index (χ2v) is 4.71. The molecule has 0 aromatic heterocycles. The molecule has 0 unspecified atom stereocenters. The first-order valence-electron chi connectivity index (χ1n) is 5.86. The van der Waals surface area contributed by atoms with E-state index in [2.05, 4.69) is 10.6 Å². The van der Waals surface area contributed by atoms with Gasteiger partial charge in [-0.15, -0.1) is 0 Å². The summed E-state index contributed by atoms with van der Waals surface area (Å²) in [4.78, 5) is 11.4. The van der Waals surface area contributed by atoms with Gasteiger partial charge in [0.15, 0.2) is 0 Å². The lowest BCUT2D eigenvalue weighted by atomic mass is 9.92. The Kier molecular flexibility index (Phi) is 5.05. The van der Waals surface area contributed by atoms with Crippen LogP contribution in [0.15, 0.2) is 0 Å². The number of carbonyl (C=O) groups is 1. The Morgan fingerprint density at radius 1 is 1.33 bits per heavy atom. The van der Waals surface area contributed by atoms with Gasteiger partial charge < -0.3 is 16.4 Å². The molecule has 0 radical (unpaired) electrons. The lowest BCUT2D eigenvalue weighted by molar-refractivity contribution is -0.120. The van der Waals surface area contributed by atoms with Gasteiger partial charge in [-0.2, -0.15) is 0 Å². The summed E-state index contributed by atoms with van der Waals surface area (Å²) in [5, 5.41) is 6.14. The summed E-state index contributed by atoms with van der Waals surface area (Å²) >= 11 is 0. The maximum atomic E-state index is 11.4. The van der Waals surface area contributed by atoms with E-state index in [1.807, 2.05) is 13.8 Å². The Morgan fingerprint density at radius 3 is 2.47 bits per heavy atom. The number of nitrogens with two attached hydrogens (primary N) is 1. The van der Waals surface area contributed by atoms with Gasteiger partial charge in [0, 0.05) is 18.1 Å². The minimum atomic E-state index is 0.0832. The van der Waals surface area contributed by atoms with E-state index in [1.54, 1.807) is 0 Å². The third-order valence-corrected chi connectivity index (χ3v) is 2.77. The van der Waals surface area contributed by atoms with E-state index in [1.165, 1.54) is 0 Å². The average Bonchev–Trinajstić information content (AvgIpc) is 2.16. The van der Waals surface area contributed by atoms with Gasteiger partial charge in [0.2, 0.25) is 5.91 Å². The van der Waals surface area contributed by atoms with E-state index in [9.17, 15) is 4.79 Å². The smallest absolute Gasteiger partial charge is 0.234 e. The third kappa shape index (κ3) is 5.14. The summed E-state index contributed by atoms with van der Waals surface area (Å²) in [5.74, 6) is 0.0832. The fraction of sp³-hybridized carbons (Fsp3) is 0.909. The minimum absolute atomic E-state index is 0.0832. The lowest BCUT2D eigenvalue weighted by Gasteiger charge is -2.26. The van der Waals surface area contributed by atoms with Crippen molar-refractivity contribution in [3.05, 3.63) is 0 Å². The van der Waals surface area contributed by atoms with Gasteiger partial charge in [-0.25, -0.2) is 0 Å². The first-order valence-corrected chi connectivity index (χ1v) is 5.86. The molecule has 1 rings (SSSR count). The van der Waals surface area contributed by atoms with Crippen molar-refractivity contribution in [1.82, 2.24) is 10.6 Å². The molecule has 1 aliphatic rings. The fourth-order valence-corrected chi connectivity index (χ4v) is 1.93. The van der Waals surface area contributed by atoms with Crippen molar-refractivity contribution in [2.75, 3.05) is 6.54 Å². The Balaban J connectivity index is 2.12. The van der Waals surface area contributed by atoms with Crippen LogP contribution < -0.4 is 16.4 Å². The molecule has 0 bridgehead atoms. The molecule has 1 amide bonds. The molecule has 88 valence electrons. The van der Waals surface area contributed by atoms with E-state index in [-0.39, 0.29) is 11.9 Å². The summed E-state index contributed by atoms with van der Waals surface area (Å²) in [6, 6.07) is 1.06. The van der Waals surface area contributed by atoms with E-state index in [0.29, 0.717) is 18.6 Å². The molecule has 1 aliphatic carbocycles. The van der Waals surface area contributed by atoms with Crippen LogP contribution in [0.4, 0.5) is 0 Å². The van der Waals surface area contributed by atoms with Crippen LogP contribution in [0.2, 0.25) is 0 Å². The van der Waals surface area contributed by atoms with E-state index < -0.39 is 0 Å². The largest absolute Gasteiger partial charge is 0.353 e. The molecule has 1 saturated carbocycles. The quantitative estimate of drug-likeness (QED) is 0.632. The fourth-order valence-electron chi connectivity index (χ4n) is 1.93. The molecule has 4 nitrogen and oxygen atoms in total. The summed E-state index contributed by atoms with van der Waals surface area (Å²) in [6.07, 6.45) is 4.33. The molecule has 0 aromatic carbocycles. The number of nitrogens with one attached hydrogen (secondary N) is 2. The SMILES string of the molecule is CC(C)NC(=O)CNC1CCC(N)CC1. The number of amides is 1. The van der Waals surface area contributed by atoms with Crippen LogP contribution in [0.5, 0.6) is 0 Å². The van der Waals surface area contributed by atoms with Crippen molar-refractivity contribution in [1.29, 1.82) is 0 Å². The zero-order valence-corrected chi connectivity index (χ0v) is 9.75. The van der Waals surface area contributed by atoms with Crippen molar-refractivity contribution in [2.24, 2.45) is 5.73 Å². The molecular weight excluding hydrogens is 190 g/mol. The molecular formula is C11H23N3O. The Labute approximate surface area is 92.0 Å². The number of hydrogen-bond donors (Lipinski definition) is 3. The summed E-state index contributed by atoms with van der Waals surface area (Å²) in [5.41, 5.74) is 5.81. The molecule has 0 aromatic rings. The summed E-state index contributed by atoms with van der Waals surface area (Å²) in [6.45, 7) is 4.37. The predicted molar refractivity (Wildman–Crippen MR) is 61.5 cm³/mol. The highest BCUT2D eigenvalue weighted by Crippen LogP contribution is 2.16. The first-order chi connectivity index (χ1) is 7.08. The second-order valence-electron chi connectivity index (χ2n) is 4.71. The molecule has 0 heterocycles. The monoisotopic (exact) mass is 213 g/mol. The van der Waals surface area contributed by atoms with Gasteiger partial charge in [-0.1, -0.05) is 0 Å². The topological polar surface area (TPSA) is 67.2 Å². The highest BCUT2D eigenvalue weighted by molar-refractivity contribution is 5.78. The molecule has 0 spiro atoms. The lowest BCUT2D eigenvalue weighted by Crippen LogP contribution is -2.43. The molecule has 15 heavy (non-hydrogen) atoms. The van der Waals surface area contributed by atoms with Crippen molar-refractivity contribution in [2.45, 2.75) is 57.7 Å². The van der Waals surface area contributed by atoms with Gasteiger partial charge in [0.1, 0.15) is 0 Å². The molecule has 4 heteroatoms. The van der Waals surface area contributed by atoms with Crippen LogP contribution in [0, 0.1) is 0 Å². The van der Waals surface area contributed by atoms with Crippen molar-refractivity contribution < 1.29 is 4.79 Å². The van der Waals surface area contributed by atoms with Gasteiger partial charge >= 0.3 is 0 Å². The normalized spacial score (nSPS) is 26.7. The van der Waals surface area contributed by atoms with Crippen LogP contribution in [0.1, 0.15) is 39.5 Å². The molecule has 1 fully saturated rings. The van der Waals surface area contributed by atoms with Crippen LogP contribution in [-0.4, -0.2) is 30.6 Å². The molecule has 4 N–H and O–H groups in total. The van der Waals surface area contributed by atoms with Crippen LogP contribution >= 0.6 is 0 Å². The zero-order valence-electron chi connectivity index (χ0n) is 9.75. The maximum absolute atomic E-state index is 11.4. The van der Waals surface area contributed by atoms with Crippen LogP contribution in [0.25, 0.3) is 0 Å². The van der Waals surface area contributed by atoms with E-state index in [4.69, 9.17) is 5.73 Å². The van der Waals surface area contributed by atoms with Crippen LogP contribution in [0.3, 0.4) is 0 Å². The Morgan fingerprint density at radius 2 is 1.93 bits per heavy atom. The van der Waals surface area contributed by atoms with Crippen molar-refractivity contribution >= 4 is 5.91 Å². The van der Waals surface area contributed by atoms with Crippen molar-refractivity contribution in [3.63, 3.8) is 0 Å². The Hall–Kier alpha value is -0.610. The highest BCUT2D eigenvalue weighted by atomic mass is 16.1. The standard InChI is InChI=1S/C11H23N3O/c1-8(2)14-11(15)7-13-10-5-3-9(12)4-6-10/h8-10,13H,3-7,12H2,1-2H3,(H,14,15). The molecule has 0 aliphatic heterocycles. The van der Waals surface area contributed by atoms with Crippen LogP contribution in [-0.2, 0) is 4.79 Å². The highest BCUT2D eigenvalue weighted by Gasteiger charge is 2.18. The predicted octanol–water partition coefficient (Wildman–Crippen LogP) is 0.371. The van der Waals surface area contributed by atoms with Gasteiger partial charge in [-0.05, 0) is 39.5 Å². The maximum Gasteiger partial charge on any atom is 0.234 e. The third-order valence-electron chi connectivity index (χ3n) is 2.77. The number of carbonyl (C=O) groups excluding carboxylic acids is 1. The van der Waals surface area contributed by atoms with E-state index >= 15 is 0 Å². The van der Waals surface area contributed by atoms with E-state index in [0.717, 1.165) is 25.7 Å². The number of hydrogen-bond acceptors (Lipinski definition) is 3. The second kappa shape index (κ2) is 6.08. The van der Waals surface area contributed by atoms with Gasteiger partial charge in [0.25, 0.3) is 0 Å². The minimum Gasteiger partial charge on any atom is -0.353 e. The Bertz CT molecular complexity index is 198. The zero-order chi connectivity index (χ0) is 11.3. The van der Waals surface area contributed by atoms with Gasteiger partial charge in [-0.3, -0.25) is 4.79 Å². The number of rotatable bonds is 4. The van der Waals surface area contributed by atoms with Gasteiger partial charge in [0.05, 0.1) is 6.54 Å². The van der Waals surface area contributed by atoms with Crippen molar-refractivity contribution in [3.8, 4) is 0 Å². The molecule has 0 atom stereocenters. The average molecular weight is 213 g/mol. The summed E-state index contributed by atoms with van der Waals surface area (Å²) in [7, 11) is 0.